The molecule has 1 saturated heterocycles. The molecule has 29 heavy (non-hydrogen) atoms. The Morgan fingerprint density at radius 2 is 1.93 bits per heavy atom. The number of hydrogen-bond donors (Lipinski definition) is 3. The minimum Gasteiger partial charge on any atom is -0.450 e. The summed E-state index contributed by atoms with van der Waals surface area (Å²) in [4.78, 5) is 29.7. The highest BCUT2D eigenvalue weighted by Gasteiger charge is 2.24. The van der Waals surface area contributed by atoms with Crippen LogP contribution in [0.4, 0.5) is 9.18 Å². The van der Waals surface area contributed by atoms with Crippen molar-refractivity contribution in [1.82, 2.24) is 20.9 Å². The number of rotatable bonds is 6. The number of halogens is 1. The Kier molecular flexibility index (Phi) is 8.69. The van der Waals surface area contributed by atoms with E-state index in [0.717, 1.165) is 12.8 Å². The Morgan fingerprint density at radius 3 is 2.55 bits per heavy atom. The number of aliphatic imine (C=N–C) groups is 1. The smallest absolute Gasteiger partial charge is 0.409 e. The summed E-state index contributed by atoms with van der Waals surface area (Å²) < 4.78 is 18.6. The molecule has 0 atom stereocenters. The number of hydrogen-bond acceptors (Lipinski definition) is 4. The largest absolute Gasteiger partial charge is 0.450 e. The van der Waals surface area contributed by atoms with Crippen LogP contribution < -0.4 is 16.0 Å². The van der Waals surface area contributed by atoms with Crippen LogP contribution in [0, 0.1) is 12.7 Å². The van der Waals surface area contributed by atoms with Crippen LogP contribution in [0.1, 0.15) is 35.7 Å². The van der Waals surface area contributed by atoms with Gasteiger partial charge in [-0.3, -0.25) is 9.79 Å². The summed E-state index contributed by atoms with van der Waals surface area (Å²) >= 11 is 0. The lowest BCUT2D eigenvalue weighted by Crippen LogP contribution is -2.50. The van der Waals surface area contributed by atoms with Crippen LogP contribution in [0.2, 0.25) is 0 Å². The Bertz CT molecular complexity index is 733. The van der Waals surface area contributed by atoms with E-state index in [9.17, 15) is 14.0 Å². The molecule has 2 rings (SSSR count). The quantitative estimate of drug-likeness (QED) is 0.379. The molecule has 3 N–H and O–H groups in total. The van der Waals surface area contributed by atoms with Crippen LogP contribution >= 0.6 is 0 Å². The highest BCUT2D eigenvalue weighted by Crippen LogP contribution is 2.11. The van der Waals surface area contributed by atoms with Gasteiger partial charge >= 0.3 is 6.09 Å². The van der Waals surface area contributed by atoms with Crippen molar-refractivity contribution in [3.05, 3.63) is 35.1 Å². The number of likely N-dealkylation sites (tertiary alicyclic amines) is 1. The van der Waals surface area contributed by atoms with Crippen molar-refractivity contribution in [2.24, 2.45) is 4.99 Å². The lowest BCUT2D eigenvalue weighted by Gasteiger charge is -2.32. The van der Waals surface area contributed by atoms with Gasteiger partial charge in [0.15, 0.2) is 5.96 Å². The summed E-state index contributed by atoms with van der Waals surface area (Å²) in [6, 6.07) is 4.63. The summed E-state index contributed by atoms with van der Waals surface area (Å²) in [6.07, 6.45) is 1.34. The van der Waals surface area contributed by atoms with E-state index in [-0.39, 0.29) is 18.0 Å². The number of carbonyl (C=O) groups is 2. The first-order chi connectivity index (χ1) is 13.9. The zero-order chi connectivity index (χ0) is 21.2. The second kappa shape index (κ2) is 11.2. The summed E-state index contributed by atoms with van der Waals surface area (Å²) in [5.41, 5.74) is 0.801. The van der Waals surface area contributed by atoms with Crippen LogP contribution in [0.15, 0.2) is 23.2 Å². The molecule has 0 aromatic heterocycles. The molecule has 0 unspecified atom stereocenters. The third kappa shape index (κ3) is 6.92. The number of aryl methyl sites for hydroxylation is 1. The van der Waals surface area contributed by atoms with Gasteiger partial charge in [0, 0.05) is 44.8 Å². The number of piperidine rings is 1. The Hall–Kier alpha value is -2.84. The van der Waals surface area contributed by atoms with Gasteiger partial charge in [-0.05, 0) is 44.4 Å². The minimum atomic E-state index is -0.394. The average Bonchev–Trinajstić information content (AvgIpc) is 2.72. The minimum absolute atomic E-state index is 0.206. The predicted octanol–water partition coefficient (Wildman–Crippen LogP) is 1.65. The standard InChI is InChI=1S/C20H30FN5O3/c1-4-29-20(28)26-11-7-16(8-12-26)25-19(22-3)24-10-9-23-18(27)15-6-5-14(2)17(21)13-15/h5-6,13,16H,4,7-12H2,1-3H3,(H,23,27)(H2,22,24,25). The highest BCUT2D eigenvalue weighted by molar-refractivity contribution is 5.94. The van der Waals surface area contributed by atoms with Crippen LogP contribution in [0.3, 0.4) is 0 Å². The van der Waals surface area contributed by atoms with Crippen molar-refractivity contribution < 1.29 is 18.7 Å². The highest BCUT2D eigenvalue weighted by atomic mass is 19.1. The molecule has 1 aromatic rings. The fourth-order valence-electron chi connectivity index (χ4n) is 3.00. The van der Waals surface area contributed by atoms with Crippen molar-refractivity contribution in [3.63, 3.8) is 0 Å². The number of nitrogens with zero attached hydrogens (tertiary/aromatic N) is 2. The second-order valence-electron chi connectivity index (χ2n) is 6.82. The van der Waals surface area contributed by atoms with E-state index < -0.39 is 5.82 Å². The van der Waals surface area contributed by atoms with Gasteiger partial charge in [0.25, 0.3) is 5.91 Å². The van der Waals surface area contributed by atoms with Crippen molar-refractivity contribution in [2.45, 2.75) is 32.7 Å². The van der Waals surface area contributed by atoms with Gasteiger partial charge in [-0.25, -0.2) is 9.18 Å². The number of benzene rings is 1. The maximum absolute atomic E-state index is 13.6. The van der Waals surface area contributed by atoms with Gasteiger partial charge in [-0.1, -0.05) is 6.07 Å². The lowest BCUT2D eigenvalue weighted by molar-refractivity contribution is 0.0947. The van der Waals surface area contributed by atoms with Gasteiger partial charge < -0.3 is 25.6 Å². The summed E-state index contributed by atoms with van der Waals surface area (Å²) in [6.45, 7) is 5.94. The van der Waals surface area contributed by atoms with Gasteiger partial charge in [0.05, 0.1) is 6.61 Å². The zero-order valence-electron chi connectivity index (χ0n) is 17.3. The molecular weight excluding hydrogens is 377 g/mol. The summed E-state index contributed by atoms with van der Waals surface area (Å²) in [5.74, 6) is -0.0791. The Morgan fingerprint density at radius 1 is 1.24 bits per heavy atom. The van der Waals surface area contributed by atoms with Gasteiger partial charge in [0.2, 0.25) is 0 Å². The number of amides is 2. The lowest BCUT2D eigenvalue weighted by atomic mass is 10.1. The normalized spacial score (nSPS) is 15.0. The number of guanidine groups is 1. The number of carbonyl (C=O) groups excluding carboxylic acids is 2. The predicted molar refractivity (Wildman–Crippen MR) is 110 cm³/mol. The third-order valence-corrected chi connectivity index (χ3v) is 4.72. The van der Waals surface area contributed by atoms with E-state index in [2.05, 4.69) is 20.9 Å². The van der Waals surface area contributed by atoms with E-state index in [4.69, 9.17) is 4.74 Å². The van der Waals surface area contributed by atoms with Crippen LogP contribution in [-0.4, -0.2) is 68.7 Å². The number of ether oxygens (including phenoxy) is 1. The molecule has 1 heterocycles. The van der Waals surface area contributed by atoms with E-state index in [1.807, 2.05) is 0 Å². The molecule has 0 radical (unpaired) electrons. The molecule has 0 bridgehead atoms. The third-order valence-electron chi connectivity index (χ3n) is 4.72. The molecule has 8 nitrogen and oxygen atoms in total. The molecule has 1 aliphatic rings. The molecule has 0 spiro atoms. The average molecular weight is 407 g/mol. The molecule has 9 heteroatoms. The van der Waals surface area contributed by atoms with Crippen molar-refractivity contribution in [1.29, 1.82) is 0 Å². The fourth-order valence-corrected chi connectivity index (χ4v) is 3.00. The van der Waals surface area contributed by atoms with Gasteiger partial charge in [-0.2, -0.15) is 0 Å². The fraction of sp³-hybridized carbons (Fsp3) is 0.550. The first-order valence-corrected chi connectivity index (χ1v) is 9.87. The Labute approximate surface area is 170 Å². The molecule has 0 saturated carbocycles. The second-order valence-corrected chi connectivity index (χ2v) is 6.82. The molecule has 0 aliphatic carbocycles. The molecule has 160 valence electrons. The van der Waals surface area contributed by atoms with E-state index in [1.165, 1.54) is 6.07 Å². The summed E-state index contributed by atoms with van der Waals surface area (Å²) in [5, 5.41) is 9.22. The van der Waals surface area contributed by atoms with E-state index in [1.54, 1.807) is 37.9 Å². The van der Waals surface area contributed by atoms with E-state index in [0.29, 0.717) is 49.9 Å². The van der Waals surface area contributed by atoms with Gasteiger partial charge in [-0.15, -0.1) is 0 Å². The monoisotopic (exact) mass is 407 g/mol. The number of nitrogens with one attached hydrogen (secondary N) is 3. The van der Waals surface area contributed by atoms with Crippen molar-refractivity contribution in [3.8, 4) is 0 Å². The molecular formula is C20H30FN5O3. The Balaban J connectivity index is 1.68. The zero-order valence-corrected chi connectivity index (χ0v) is 17.3. The molecule has 2 amide bonds. The van der Waals surface area contributed by atoms with Crippen molar-refractivity contribution in [2.75, 3.05) is 39.8 Å². The topological polar surface area (TPSA) is 95.1 Å². The maximum atomic E-state index is 13.6. The van der Waals surface area contributed by atoms with Crippen molar-refractivity contribution >= 4 is 18.0 Å². The first-order valence-electron chi connectivity index (χ1n) is 9.87. The SMILES string of the molecule is CCOC(=O)N1CCC(NC(=NC)NCCNC(=O)c2ccc(C)c(F)c2)CC1. The van der Waals surface area contributed by atoms with Crippen LogP contribution in [0.5, 0.6) is 0 Å². The molecule has 1 aromatic carbocycles. The van der Waals surface area contributed by atoms with Crippen LogP contribution in [0.25, 0.3) is 0 Å². The maximum Gasteiger partial charge on any atom is 0.409 e. The first kappa shape index (κ1) is 22.4. The van der Waals surface area contributed by atoms with Gasteiger partial charge in [0.1, 0.15) is 5.82 Å². The van der Waals surface area contributed by atoms with Crippen LogP contribution in [-0.2, 0) is 4.74 Å². The summed E-state index contributed by atoms with van der Waals surface area (Å²) in [7, 11) is 1.68. The molecule has 1 fully saturated rings. The molecule has 1 aliphatic heterocycles. The van der Waals surface area contributed by atoms with E-state index >= 15 is 0 Å².